The molecule has 1 aromatic carbocycles. The van der Waals surface area contributed by atoms with Crippen LogP contribution < -0.4 is 5.73 Å². The summed E-state index contributed by atoms with van der Waals surface area (Å²) in [5.41, 5.74) is 5.73. The Morgan fingerprint density at radius 1 is 1.20 bits per heavy atom. The molecule has 0 radical (unpaired) electrons. The van der Waals surface area contributed by atoms with Crippen molar-refractivity contribution in [3.8, 4) is 0 Å². The first-order valence-corrected chi connectivity index (χ1v) is 7.05. The van der Waals surface area contributed by atoms with Gasteiger partial charge in [-0.1, -0.05) is 0 Å². The van der Waals surface area contributed by atoms with Crippen LogP contribution in [0.25, 0.3) is 0 Å². The summed E-state index contributed by atoms with van der Waals surface area (Å²) in [5.74, 6) is -2.75. The second-order valence-corrected chi connectivity index (χ2v) is 5.95. The van der Waals surface area contributed by atoms with E-state index in [1.54, 1.807) is 0 Å². The zero-order valence-electron chi connectivity index (χ0n) is 11.2. The molecule has 2 N–H and O–H groups in total. The van der Waals surface area contributed by atoms with E-state index >= 15 is 0 Å². The van der Waals surface area contributed by atoms with Gasteiger partial charge in [0.1, 0.15) is 17.5 Å². The van der Waals surface area contributed by atoms with Gasteiger partial charge in [0.25, 0.3) is 0 Å². The summed E-state index contributed by atoms with van der Waals surface area (Å²) < 4.78 is 46.4. The standard InChI is InChI=1S/C15H18F3NO/c16-10-6-11(17)13(12(18)7-10)14(19)9-2-5-20-15(8-9)3-1-4-15/h6-7,9,14H,1-5,8,19H2. The normalized spacial score (nSPS) is 26.3. The minimum Gasteiger partial charge on any atom is -0.375 e. The smallest absolute Gasteiger partial charge is 0.133 e. The van der Waals surface area contributed by atoms with E-state index < -0.39 is 23.5 Å². The van der Waals surface area contributed by atoms with Crippen molar-refractivity contribution in [2.24, 2.45) is 11.7 Å². The van der Waals surface area contributed by atoms with E-state index in [0.717, 1.165) is 25.7 Å². The highest BCUT2D eigenvalue weighted by Crippen LogP contribution is 2.47. The fourth-order valence-electron chi connectivity index (χ4n) is 3.40. The van der Waals surface area contributed by atoms with E-state index in [4.69, 9.17) is 10.5 Å². The zero-order valence-corrected chi connectivity index (χ0v) is 11.2. The van der Waals surface area contributed by atoms with Gasteiger partial charge >= 0.3 is 0 Å². The van der Waals surface area contributed by atoms with Gasteiger partial charge in [-0.25, -0.2) is 13.2 Å². The van der Waals surface area contributed by atoms with Gasteiger partial charge in [0.05, 0.1) is 5.60 Å². The van der Waals surface area contributed by atoms with E-state index in [1.807, 2.05) is 0 Å². The molecule has 0 bridgehead atoms. The molecule has 1 saturated heterocycles. The molecule has 2 fully saturated rings. The molecule has 2 aliphatic rings. The lowest BCUT2D eigenvalue weighted by molar-refractivity contribution is -0.146. The highest BCUT2D eigenvalue weighted by atomic mass is 19.1. The Kier molecular flexibility index (Phi) is 3.50. The van der Waals surface area contributed by atoms with E-state index in [9.17, 15) is 13.2 Å². The van der Waals surface area contributed by atoms with Crippen LogP contribution in [0.2, 0.25) is 0 Å². The first-order valence-electron chi connectivity index (χ1n) is 7.05. The maximum Gasteiger partial charge on any atom is 0.133 e. The summed E-state index contributed by atoms with van der Waals surface area (Å²) in [5, 5.41) is 0. The highest BCUT2D eigenvalue weighted by Gasteiger charge is 2.44. The van der Waals surface area contributed by atoms with Gasteiger partial charge in [0, 0.05) is 30.3 Å². The fourth-order valence-corrected chi connectivity index (χ4v) is 3.40. The molecule has 2 unspecified atom stereocenters. The number of benzene rings is 1. The van der Waals surface area contributed by atoms with Crippen LogP contribution in [0.4, 0.5) is 13.2 Å². The van der Waals surface area contributed by atoms with Crippen molar-refractivity contribution in [2.45, 2.75) is 43.7 Å². The van der Waals surface area contributed by atoms with Gasteiger partial charge in [-0.05, 0) is 38.0 Å². The second kappa shape index (κ2) is 5.04. The van der Waals surface area contributed by atoms with Crippen LogP contribution in [0.1, 0.15) is 43.7 Å². The SMILES string of the molecule is NC(c1c(F)cc(F)cc1F)C1CCOC2(CCC2)C1. The maximum atomic E-state index is 13.8. The minimum absolute atomic E-state index is 0.0292. The third kappa shape index (κ3) is 2.33. The van der Waals surface area contributed by atoms with Gasteiger partial charge in [0.15, 0.2) is 0 Å². The summed E-state index contributed by atoms with van der Waals surface area (Å²) in [6.07, 6.45) is 4.51. The first kappa shape index (κ1) is 13.9. The molecule has 1 aliphatic heterocycles. The second-order valence-electron chi connectivity index (χ2n) is 5.95. The molecule has 0 amide bonds. The molecule has 1 saturated carbocycles. The minimum atomic E-state index is -0.918. The van der Waals surface area contributed by atoms with E-state index in [-0.39, 0.29) is 17.1 Å². The number of ether oxygens (including phenoxy) is 1. The summed E-state index contributed by atoms with van der Waals surface area (Å²) in [6.45, 7) is 0.572. The van der Waals surface area contributed by atoms with Crippen molar-refractivity contribution in [1.82, 2.24) is 0 Å². The lowest BCUT2D eigenvalue weighted by atomic mass is 9.70. The third-order valence-electron chi connectivity index (χ3n) is 4.68. The lowest BCUT2D eigenvalue weighted by Gasteiger charge is -2.48. The molecule has 20 heavy (non-hydrogen) atoms. The quantitative estimate of drug-likeness (QED) is 0.903. The van der Waals surface area contributed by atoms with Crippen LogP contribution in [0.3, 0.4) is 0 Å². The Hall–Kier alpha value is -1.07. The molecule has 5 heteroatoms. The summed E-state index contributed by atoms with van der Waals surface area (Å²) >= 11 is 0. The van der Waals surface area contributed by atoms with Gasteiger partial charge in [0.2, 0.25) is 0 Å². The van der Waals surface area contributed by atoms with Crippen LogP contribution in [0, 0.1) is 23.4 Å². The van der Waals surface area contributed by atoms with Gasteiger partial charge in [-0.3, -0.25) is 0 Å². The van der Waals surface area contributed by atoms with Crippen molar-refractivity contribution < 1.29 is 17.9 Å². The molecule has 110 valence electrons. The molecule has 1 heterocycles. The van der Waals surface area contributed by atoms with E-state index in [2.05, 4.69) is 0 Å². The molecular formula is C15H18F3NO. The molecule has 3 rings (SSSR count). The Labute approximate surface area is 116 Å². The molecular weight excluding hydrogens is 267 g/mol. The molecule has 2 atom stereocenters. The molecule has 2 nitrogen and oxygen atoms in total. The van der Waals surface area contributed by atoms with Gasteiger partial charge in [-0.2, -0.15) is 0 Å². The Bertz CT molecular complexity index is 493. The van der Waals surface area contributed by atoms with Crippen LogP contribution in [-0.2, 0) is 4.74 Å². The van der Waals surface area contributed by atoms with Crippen LogP contribution in [0.15, 0.2) is 12.1 Å². The molecule has 1 spiro atoms. The largest absolute Gasteiger partial charge is 0.375 e. The number of hydrogen-bond acceptors (Lipinski definition) is 2. The van der Waals surface area contributed by atoms with Crippen LogP contribution in [-0.4, -0.2) is 12.2 Å². The van der Waals surface area contributed by atoms with Crippen molar-refractivity contribution in [1.29, 1.82) is 0 Å². The Morgan fingerprint density at radius 2 is 1.85 bits per heavy atom. The summed E-state index contributed by atoms with van der Waals surface area (Å²) in [6, 6.07) is 0.630. The maximum absolute atomic E-state index is 13.8. The lowest BCUT2D eigenvalue weighted by Crippen LogP contribution is -2.47. The number of hydrogen-bond donors (Lipinski definition) is 1. The molecule has 1 aromatic rings. The summed E-state index contributed by atoms with van der Waals surface area (Å²) in [7, 11) is 0. The van der Waals surface area contributed by atoms with E-state index in [1.165, 1.54) is 0 Å². The Balaban J connectivity index is 1.83. The zero-order chi connectivity index (χ0) is 14.3. The van der Waals surface area contributed by atoms with Gasteiger partial charge < -0.3 is 10.5 Å². The third-order valence-corrected chi connectivity index (χ3v) is 4.68. The fraction of sp³-hybridized carbons (Fsp3) is 0.600. The van der Waals surface area contributed by atoms with Crippen molar-refractivity contribution in [3.05, 3.63) is 35.1 Å². The van der Waals surface area contributed by atoms with Gasteiger partial charge in [-0.15, -0.1) is 0 Å². The predicted octanol–water partition coefficient (Wildman–Crippen LogP) is 3.45. The van der Waals surface area contributed by atoms with Crippen molar-refractivity contribution in [2.75, 3.05) is 6.61 Å². The highest BCUT2D eigenvalue weighted by molar-refractivity contribution is 5.25. The Morgan fingerprint density at radius 3 is 2.40 bits per heavy atom. The number of rotatable bonds is 2. The average molecular weight is 285 g/mol. The summed E-state index contributed by atoms with van der Waals surface area (Å²) in [4.78, 5) is 0. The molecule has 0 aromatic heterocycles. The predicted molar refractivity (Wildman–Crippen MR) is 68.5 cm³/mol. The average Bonchev–Trinajstić information content (AvgIpc) is 2.35. The van der Waals surface area contributed by atoms with Crippen LogP contribution >= 0.6 is 0 Å². The van der Waals surface area contributed by atoms with E-state index in [0.29, 0.717) is 25.2 Å². The van der Waals surface area contributed by atoms with Crippen molar-refractivity contribution in [3.63, 3.8) is 0 Å². The number of nitrogens with two attached hydrogens (primary N) is 1. The van der Waals surface area contributed by atoms with Crippen molar-refractivity contribution >= 4 is 0 Å². The van der Waals surface area contributed by atoms with Crippen LogP contribution in [0.5, 0.6) is 0 Å². The topological polar surface area (TPSA) is 35.2 Å². The first-order chi connectivity index (χ1) is 9.51. The monoisotopic (exact) mass is 285 g/mol. The number of halogens is 3. The molecule has 1 aliphatic carbocycles.